The third kappa shape index (κ3) is 8.06. The maximum Gasteiger partial charge on any atom is 0.0462 e. The molecule has 12 rings (SSSR count). The molecule has 0 saturated carbocycles. The van der Waals surface area contributed by atoms with Gasteiger partial charge in [0, 0.05) is 56.6 Å². The second-order valence-electron chi connectivity index (χ2n) is 18.7. The van der Waals surface area contributed by atoms with Crippen LogP contribution in [0.5, 0.6) is 0 Å². The van der Waals surface area contributed by atoms with Gasteiger partial charge in [-0.3, -0.25) is 0 Å². The first-order valence-corrected chi connectivity index (χ1v) is 24.5. The summed E-state index contributed by atoms with van der Waals surface area (Å²) in [6, 6.07) is 87.7. The highest BCUT2D eigenvalue weighted by molar-refractivity contribution is 5.83. The minimum atomic E-state index is -0.0783. The Morgan fingerprint density at radius 2 is 0.729 bits per heavy atom. The predicted octanol–water partition coefficient (Wildman–Crippen LogP) is 18.3. The summed E-state index contributed by atoms with van der Waals surface area (Å²) in [7, 11) is 0. The maximum absolute atomic E-state index is 2.52. The van der Waals surface area contributed by atoms with Crippen LogP contribution in [0.25, 0.3) is 44.5 Å². The van der Waals surface area contributed by atoms with Gasteiger partial charge in [-0.25, -0.2) is 0 Å². The predicted molar refractivity (Wildman–Crippen MR) is 295 cm³/mol. The Balaban J connectivity index is 0.884. The zero-order valence-electron chi connectivity index (χ0n) is 39.4. The minimum absolute atomic E-state index is 0.0783. The molecule has 336 valence electrons. The normalized spacial score (nSPS) is 16.0. The average molecular weight is 900 g/mol. The third-order valence-corrected chi connectivity index (χ3v) is 14.4. The van der Waals surface area contributed by atoms with Crippen LogP contribution in [-0.2, 0) is 0 Å². The van der Waals surface area contributed by atoms with Crippen LogP contribution in [0.4, 0.5) is 34.1 Å². The van der Waals surface area contributed by atoms with Crippen molar-refractivity contribution in [3.05, 3.63) is 290 Å². The molecule has 1 atom stereocenters. The van der Waals surface area contributed by atoms with Crippen LogP contribution in [-0.4, -0.2) is 0 Å². The molecule has 0 bridgehead atoms. The van der Waals surface area contributed by atoms with Gasteiger partial charge in [-0.15, -0.1) is 0 Å². The number of fused-ring (bicyclic) bond motifs is 2. The van der Waals surface area contributed by atoms with E-state index < -0.39 is 0 Å². The molecule has 0 spiro atoms. The van der Waals surface area contributed by atoms with Gasteiger partial charge in [0.1, 0.15) is 0 Å². The van der Waals surface area contributed by atoms with Crippen molar-refractivity contribution in [2.75, 3.05) is 14.7 Å². The van der Waals surface area contributed by atoms with Gasteiger partial charge < -0.3 is 14.7 Å². The maximum atomic E-state index is 2.52. The van der Waals surface area contributed by atoms with E-state index in [0.717, 1.165) is 53.3 Å². The van der Waals surface area contributed by atoms with Crippen molar-refractivity contribution in [1.29, 1.82) is 0 Å². The van der Waals surface area contributed by atoms with Crippen molar-refractivity contribution in [3.8, 4) is 44.5 Å². The number of hydrogen-bond acceptors (Lipinski definition) is 3. The van der Waals surface area contributed by atoms with E-state index >= 15 is 0 Å². The molecule has 0 saturated heterocycles. The largest absolute Gasteiger partial charge is 0.313 e. The fourth-order valence-corrected chi connectivity index (χ4v) is 10.7. The van der Waals surface area contributed by atoms with Crippen LogP contribution < -0.4 is 14.7 Å². The van der Waals surface area contributed by atoms with Gasteiger partial charge in [0.05, 0.1) is 0 Å². The summed E-state index contributed by atoms with van der Waals surface area (Å²) in [4.78, 5) is 7.30. The number of rotatable bonds is 11. The highest BCUT2D eigenvalue weighted by Crippen LogP contribution is 2.57. The molecule has 1 unspecified atom stereocenters. The molecule has 1 heterocycles. The molecule has 9 aromatic rings. The first-order chi connectivity index (χ1) is 34.6. The fourth-order valence-electron chi connectivity index (χ4n) is 10.7. The van der Waals surface area contributed by atoms with Gasteiger partial charge in [0.2, 0.25) is 0 Å². The summed E-state index contributed by atoms with van der Waals surface area (Å²) in [5.41, 5.74) is 21.6. The average Bonchev–Trinajstić information content (AvgIpc) is 3.70. The number of allylic oxidation sites excluding steroid dienone is 5. The summed E-state index contributed by atoms with van der Waals surface area (Å²) in [5, 5.41) is 0. The fraction of sp³-hybridized carbons (Fsp3) is 0.0746. The van der Waals surface area contributed by atoms with E-state index in [0.29, 0.717) is 0 Å². The Morgan fingerprint density at radius 3 is 1.11 bits per heavy atom. The van der Waals surface area contributed by atoms with Crippen LogP contribution in [0.15, 0.2) is 290 Å². The minimum Gasteiger partial charge on any atom is -0.313 e. The van der Waals surface area contributed by atoms with E-state index in [-0.39, 0.29) is 5.41 Å². The molecule has 0 amide bonds. The summed E-state index contributed by atoms with van der Waals surface area (Å²) >= 11 is 0. The lowest BCUT2D eigenvalue weighted by Crippen LogP contribution is -2.29. The molecule has 3 aliphatic rings. The standard InChI is InChI=1S/C67H53N3/c1-67-47-46-63(48-66(67)70(57-22-12-5-13-23-57)65-25-15-14-24-64(65)67)69(61-42-30-54(31-43-61)51-20-10-4-11-21-51)62-44-34-56(35-45-62)55-32-40-60(41-33-55)68(58-36-26-52(27-37-58)49-16-6-2-7-17-49)59-38-28-53(29-39-59)50-18-8-3-9-19-50/h2-13,15-23,25-46,48H,14,24,47H2,1H3. The summed E-state index contributed by atoms with van der Waals surface area (Å²) in [6.45, 7) is 2.45. The van der Waals surface area contributed by atoms with Gasteiger partial charge in [-0.2, -0.15) is 0 Å². The molecule has 3 heteroatoms. The molecule has 0 radical (unpaired) electrons. The van der Waals surface area contributed by atoms with Gasteiger partial charge in [0.15, 0.2) is 0 Å². The molecule has 3 nitrogen and oxygen atoms in total. The van der Waals surface area contributed by atoms with Crippen molar-refractivity contribution < 1.29 is 0 Å². The van der Waals surface area contributed by atoms with Gasteiger partial charge in [-0.1, -0.05) is 182 Å². The van der Waals surface area contributed by atoms with Crippen molar-refractivity contribution in [1.82, 2.24) is 0 Å². The molecule has 0 aromatic heterocycles. The van der Waals surface area contributed by atoms with Gasteiger partial charge in [-0.05, 0) is 161 Å². The SMILES string of the molecule is CC12CC=C(N(c3ccc(-c4ccccc4)cc3)c3ccc(-c4ccc(N(c5ccc(-c6ccccc6)cc5)c5ccc(-c6ccccc6)cc5)cc4)cc3)C=C1N(c1ccccc1)C1=C2CCC=C1. The lowest BCUT2D eigenvalue weighted by molar-refractivity contribution is 0.474. The zero-order chi connectivity index (χ0) is 46.9. The molecule has 0 fully saturated rings. The van der Waals surface area contributed by atoms with Crippen molar-refractivity contribution >= 4 is 34.1 Å². The molecule has 0 N–H and O–H groups in total. The van der Waals surface area contributed by atoms with E-state index in [2.05, 4.69) is 289 Å². The zero-order valence-corrected chi connectivity index (χ0v) is 39.4. The van der Waals surface area contributed by atoms with Crippen LogP contribution in [0.3, 0.4) is 0 Å². The second-order valence-corrected chi connectivity index (χ2v) is 18.7. The Bertz CT molecular complexity index is 3310. The quantitative estimate of drug-likeness (QED) is 0.128. The molecular formula is C67H53N3. The highest BCUT2D eigenvalue weighted by Gasteiger charge is 2.47. The number of para-hydroxylation sites is 1. The van der Waals surface area contributed by atoms with Crippen LogP contribution >= 0.6 is 0 Å². The Kier molecular flexibility index (Phi) is 11.2. The first-order valence-electron chi connectivity index (χ1n) is 24.5. The van der Waals surface area contributed by atoms with E-state index in [1.54, 1.807) is 5.57 Å². The molecular weight excluding hydrogens is 847 g/mol. The first kappa shape index (κ1) is 42.7. The van der Waals surface area contributed by atoms with Crippen LogP contribution in [0.1, 0.15) is 26.2 Å². The van der Waals surface area contributed by atoms with E-state index in [4.69, 9.17) is 0 Å². The summed E-state index contributed by atoms with van der Waals surface area (Å²) in [5.74, 6) is 0. The number of anilines is 6. The van der Waals surface area contributed by atoms with Gasteiger partial charge >= 0.3 is 0 Å². The number of hydrogen-bond donors (Lipinski definition) is 0. The molecule has 2 aliphatic carbocycles. The van der Waals surface area contributed by atoms with Crippen molar-refractivity contribution in [2.45, 2.75) is 26.2 Å². The molecule has 1 aliphatic heterocycles. The third-order valence-electron chi connectivity index (χ3n) is 14.4. The van der Waals surface area contributed by atoms with E-state index in [1.165, 1.54) is 61.7 Å². The van der Waals surface area contributed by atoms with Crippen LogP contribution in [0.2, 0.25) is 0 Å². The summed E-state index contributed by atoms with van der Waals surface area (Å²) in [6.07, 6.45) is 12.7. The monoisotopic (exact) mass is 899 g/mol. The van der Waals surface area contributed by atoms with Gasteiger partial charge in [0.25, 0.3) is 0 Å². The molecule has 9 aromatic carbocycles. The second kappa shape index (κ2) is 18.4. The number of benzene rings is 9. The van der Waals surface area contributed by atoms with E-state index in [1.807, 2.05) is 0 Å². The van der Waals surface area contributed by atoms with Crippen molar-refractivity contribution in [3.63, 3.8) is 0 Å². The topological polar surface area (TPSA) is 9.72 Å². The smallest absolute Gasteiger partial charge is 0.0462 e. The molecule has 70 heavy (non-hydrogen) atoms. The van der Waals surface area contributed by atoms with E-state index in [9.17, 15) is 0 Å². The highest BCUT2D eigenvalue weighted by atomic mass is 15.2. The van der Waals surface area contributed by atoms with Crippen molar-refractivity contribution in [2.24, 2.45) is 5.41 Å². The van der Waals surface area contributed by atoms with Crippen LogP contribution in [0, 0.1) is 5.41 Å². The lowest BCUT2D eigenvalue weighted by Gasteiger charge is -2.37. The Morgan fingerprint density at radius 1 is 0.386 bits per heavy atom. The Hall–Kier alpha value is -8.66. The Labute approximate surface area is 412 Å². The summed E-state index contributed by atoms with van der Waals surface area (Å²) < 4.78 is 0. The number of nitrogens with zero attached hydrogens (tertiary/aromatic N) is 3. The lowest BCUT2D eigenvalue weighted by atomic mass is 9.73.